The highest BCUT2D eigenvalue weighted by atomic mass is 35.5. The normalized spacial score (nSPS) is 10.3. The van der Waals surface area contributed by atoms with Crippen LogP contribution in [0.1, 0.15) is 5.56 Å². The van der Waals surface area contributed by atoms with Crippen LogP contribution in [0.3, 0.4) is 0 Å². The Morgan fingerprint density at radius 1 is 1.45 bits per heavy atom. The van der Waals surface area contributed by atoms with E-state index in [1.165, 1.54) is 18.3 Å². The third-order valence-corrected chi connectivity index (χ3v) is 2.82. The fourth-order valence-electron chi connectivity index (χ4n) is 1.62. The van der Waals surface area contributed by atoms with Crippen LogP contribution in [0.5, 0.6) is 0 Å². The van der Waals surface area contributed by atoms with Crippen molar-refractivity contribution in [2.75, 3.05) is 11.1 Å². The molecule has 1 heterocycles. The first kappa shape index (κ1) is 14.1. The zero-order valence-electron chi connectivity index (χ0n) is 10.8. The van der Waals surface area contributed by atoms with E-state index >= 15 is 0 Å². The van der Waals surface area contributed by atoms with Gasteiger partial charge in [-0.2, -0.15) is 5.10 Å². The molecule has 104 valence electrons. The average Bonchev–Trinajstić information content (AvgIpc) is 2.36. The lowest BCUT2D eigenvalue weighted by atomic mass is 10.2. The van der Waals surface area contributed by atoms with Crippen molar-refractivity contribution in [1.29, 1.82) is 0 Å². The van der Waals surface area contributed by atoms with Crippen molar-refractivity contribution in [2.24, 2.45) is 0 Å². The quantitative estimate of drug-likeness (QED) is 0.837. The SMILES string of the molecule is Cc1cnn(CC(=O)Nc2ccc(Cl)cc2N)c(=O)c1. The number of carbonyl (C=O) groups excluding carboxylic acids is 1. The van der Waals surface area contributed by atoms with Crippen molar-refractivity contribution in [3.8, 4) is 0 Å². The van der Waals surface area contributed by atoms with Crippen LogP contribution in [-0.2, 0) is 11.3 Å². The third-order valence-electron chi connectivity index (χ3n) is 2.59. The minimum Gasteiger partial charge on any atom is -0.397 e. The van der Waals surface area contributed by atoms with E-state index in [9.17, 15) is 9.59 Å². The van der Waals surface area contributed by atoms with E-state index in [0.29, 0.717) is 16.4 Å². The molecule has 0 saturated heterocycles. The van der Waals surface area contributed by atoms with Gasteiger partial charge in [0.1, 0.15) is 6.54 Å². The molecule has 1 aromatic carbocycles. The van der Waals surface area contributed by atoms with Crippen LogP contribution in [0.2, 0.25) is 5.02 Å². The van der Waals surface area contributed by atoms with Gasteiger partial charge in [-0.05, 0) is 30.7 Å². The summed E-state index contributed by atoms with van der Waals surface area (Å²) in [4.78, 5) is 23.5. The predicted molar refractivity (Wildman–Crippen MR) is 77.7 cm³/mol. The van der Waals surface area contributed by atoms with E-state index in [0.717, 1.165) is 10.2 Å². The number of aromatic nitrogens is 2. The van der Waals surface area contributed by atoms with E-state index in [2.05, 4.69) is 10.4 Å². The monoisotopic (exact) mass is 292 g/mol. The molecule has 0 radical (unpaired) electrons. The van der Waals surface area contributed by atoms with Gasteiger partial charge in [-0.15, -0.1) is 0 Å². The molecule has 2 aromatic rings. The van der Waals surface area contributed by atoms with Crippen molar-refractivity contribution in [3.63, 3.8) is 0 Å². The average molecular weight is 293 g/mol. The zero-order chi connectivity index (χ0) is 14.7. The largest absolute Gasteiger partial charge is 0.397 e. The molecule has 1 amide bonds. The lowest BCUT2D eigenvalue weighted by Gasteiger charge is -2.09. The van der Waals surface area contributed by atoms with Crippen molar-refractivity contribution >= 4 is 28.9 Å². The Morgan fingerprint density at radius 2 is 2.20 bits per heavy atom. The first-order valence-corrected chi connectivity index (χ1v) is 6.22. The number of hydrogen-bond donors (Lipinski definition) is 2. The topological polar surface area (TPSA) is 90.0 Å². The number of anilines is 2. The van der Waals surface area contributed by atoms with E-state index in [1.54, 1.807) is 19.1 Å². The number of benzene rings is 1. The van der Waals surface area contributed by atoms with E-state index in [1.807, 2.05) is 0 Å². The van der Waals surface area contributed by atoms with E-state index < -0.39 is 5.91 Å². The van der Waals surface area contributed by atoms with Crippen molar-refractivity contribution in [2.45, 2.75) is 13.5 Å². The molecule has 0 fully saturated rings. The third kappa shape index (κ3) is 3.36. The number of amides is 1. The second kappa shape index (κ2) is 5.75. The first-order valence-electron chi connectivity index (χ1n) is 5.84. The molecule has 0 atom stereocenters. The highest BCUT2D eigenvalue weighted by Gasteiger charge is 2.08. The number of nitrogen functional groups attached to an aromatic ring is 1. The Kier molecular flexibility index (Phi) is 4.05. The van der Waals surface area contributed by atoms with Crippen molar-refractivity contribution < 1.29 is 4.79 Å². The van der Waals surface area contributed by atoms with Gasteiger partial charge in [0, 0.05) is 11.1 Å². The van der Waals surface area contributed by atoms with Crippen LogP contribution in [-0.4, -0.2) is 15.7 Å². The van der Waals surface area contributed by atoms with Gasteiger partial charge in [0.25, 0.3) is 5.56 Å². The second-order valence-corrected chi connectivity index (χ2v) is 4.74. The summed E-state index contributed by atoms with van der Waals surface area (Å²) in [6.45, 7) is 1.58. The number of aryl methyl sites for hydroxylation is 1. The number of halogens is 1. The molecule has 0 saturated carbocycles. The fourth-order valence-corrected chi connectivity index (χ4v) is 1.80. The Labute approximate surface area is 120 Å². The molecule has 0 spiro atoms. The Hall–Kier alpha value is -2.34. The van der Waals surface area contributed by atoms with Crippen molar-refractivity contribution in [1.82, 2.24) is 9.78 Å². The molecule has 6 nitrogen and oxygen atoms in total. The zero-order valence-corrected chi connectivity index (χ0v) is 11.5. The second-order valence-electron chi connectivity index (χ2n) is 4.31. The van der Waals surface area contributed by atoms with Gasteiger partial charge < -0.3 is 11.1 Å². The maximum Gasteiger partial charge on any atom is 0.267 e. The van der Waals surface area contributed by atoms with Crippen LogP contribution in [0, 0.1) is 6.92 Å². The van der Waals surface area contributed by atoms with Crippen molar-refractivity contribution in [3.05, 3.63) is 51.4 Å². The van der Waals surface area contributed by atoms with Gasteiger partial charge in [-0.25, -0.2) is 4.68 Å². The lowest BCUT2D eigenvalue weighted by molar-refractivity contribution is -0.117. The summed E-state index contributed by atoms with van der Waals surface area (Å²) in [6, 6.07) is 6.16. The minimum atomic E-state index is -0.391. The highest BCUT2D eigenvalue weighted by Crippen LogP contribution is 2.22. The number of carbonyl (C=O) groups is 1. The van der Waals surface area contributed by atoms with Crippen LogP contribution in [0.4, 0.5) is 11.4 Å². The maximum absolute atomic E-state index is 11.9. The Bertz CT molecular complexity index is 712. The predicted octanol–water partition coefficient (Wildman–Crippen LogP) is 1.43. The number of rotatable bonds is 3. The molecule has 0 bridgehead atoms. The minimum absolute atomic E-state index is 0.179. The molecule has 0 unspecified atom stereocenters. The van der Waals surface area contributed by atoms with Crippen LogP contribution in [0.15, 0.2) is 35.3 Å². The number of hydrogen-bond acceptors (Lipinski definition) is 4. The van der Waals surface area contributed by atoms with Crippen LogP contribution in [0.25, 0.3) is 0 Å². The Balaban J connectivity index is 2.11. The molecule has 7 heteroatoms. The maximum atomic E-state index is 11.9. The summed E-state index contributed by atoms with van der Waals surface area (Å²) in [6.07, 6.45) is 1.52. The highest BCUT2D eigenvalue weighted by molar-refractivity contribution is 6.31. The van der Waals surface area contributed by atoms with Gasteiger partial charge in [-0.3, -0.25) is 9.59 Å². The van der Waals surface area contributed by atoms with Gasteiger partial charge in [-0.1, -0.05) is 11.6 Å². The Morgan fingerprint density at radius 3 is 2.85 bits per heavy atom. The molecule has 1 aromatic heterocycles. The number of nitrogens with zero attached hydrogens (tertiary/aromatic N) is 2. The fraction of sp³-hybridized carbons (Fsp3) is 0.154. The standard InChI is InChI=1S/C13H13ClN4O2/c1-8-4-13(20)18(16-6-8)7-12(19)17-11-3-2-9(14)5-10(11)15/h2-6H,7,15H2,1H3,(H,17,19). The summed E-state index contributed by atoms with van der Waals surface area (Å²) < 4.78 is 1.08. The summed E-state index contributed by atoms with van der Waals surface area (Å²) in [5.41, 5.74) is 6.94. The summed E-state index contributed by atoms with van der Waals surface area (Å²) >= 11 is 5.77. The van der Waals surface area contributed by atoms with Gasteiger partial charge in [0.15, 0.2) is 0 Å². The van der Waals surface area contributed by atoms with E-state index in [-0.39, 0.29) is 12.1 Å². The molecule has 20 heavy (non-hydrogen) atoms. The van der Waals surface area contributed by atoms with E-state index in [4.69, 9.17) is 17.3 Å². The smallest absolute Gasteiger partial charge is 0.267 e. The summed E-state index contributed by atoms with van der Waals surface area (Å²) in [5.74, 6) is -0.391. The molecular formula is C13H13ClN4O2. The summed E-state index contributed by atoms with van der Waals surface area (Å²) in [5, 5.41) is 6.98. The molecular weight excluding hydrogens is 280 g/mol. The van der Waals surface area contributed by atoms with Crippen LogP contribution < -0.4 is 16.6 Å². The van der Waals surface area contributed by atoms with Crippen LogP contribution >= 0.6 is 11.6 Å². The molecule has 3 N–H and O–H groups in total. The van der Waals surface area contributed by atoms with Gasteiger partial charge >= 0.3 is 0 Å². The van der Waals surface area contributed by atoms with Gasteiger partial charge in [0.2, 0.25) is 5.91 Å². The number of nitrogens with one attached hydrogen (secondary N) is 1. The first-order chi connectivity index (χ1) is 9.45. The summed E-state index contributed by atoms with van der Waals surface area (Å²) in [7, 11) is 0. The molecule has 0 aliphatic carbocycles. The molecule has 0 aliphatic heterocycles. The lowest BCUT2D eigenvalue weighted by Crippen LogP contribution is -2.29. The molecule has 0 aliphatic rings. The van der Waals surface area contributed by atoms with Gasteiger partial charge in [0.05, 0.1) is 17.6 Å². The number of nitrogens with two attached hydrogens (primary N) is 1. The molecule has 2 rings (SSSR count).